The molecule has 156 valence electrons. The molecule has 0 bridgehead atoms. The molecule has 1 heterocycles. The van der Waals surface area contributed by atoms with Crippen molar-refractivity contribution in [3.63, 3.8) is 0 Å². The SMILES string of the molecule is O=C(O)CSCCCSC1C(=O)CCC1C=C[C@H](O)Cc1csc2ccccc12. The number of Topliss-reactive ketones (excluding diaryl/α,β-unsaturated/α-hetero) is 1. The van der Waals surface area contributed by atoms with Crippen LogP contribution < -0.4 is 0 Å². The van der Waals surface area contributed by atoms with E-state index in [4.69, 9.17) is 5.11 Å². The lowest BCUT2D eigenvalue weighted by Gasteiger charge is -2.15. The normalized spacial score (nSPS) is 20.7. The van der Waals surface area contributed by atoms with Crippen molar-refractivity contribution in [1.82, 2.24) is 0 Å². The number of aliphatic hydroxyl groups is 1. The number of carboxylic acids is 1. The molecule has 4 nitrogen and oxygen atoms in total. The first-order valence-electron chi connectivity index (χ1n) is 9.80. The Morgan fingerprint density at radius 1 is 1.31 bits per heavy atom. The molecule has 0 spiro atoms. The van der Waals surface area contributed by atoms with Crippen molar-refractivity contribution in [3.05, 3.63) is 47.4 Å². The zero-order valence-corrected chi connectivity index (χ0v) is 18.6. The number of carboxylic acid groups (broad SMARTS) is 1. The van der Waals surface area contributed by atoms with Crippen LogP contribution in [0.4, 0.5) is 0 Å². The molecular formula is C22H26O4S3. The molecule has 29 heavy (non-hydrogen) atoms. The Balaban J connectivity index is 1.47. The van der Waals surface area contributed by atoms with E-state index < -0.39 is 12.1 Å². The Kier molecular flexibility index (Phi) is 8.66. The highest BCUT2D eigenvalue weighted by molar-refractivity contribution is 8.01. The van der Waals surface area contributed by atoms with Crippen LogP contribution in [0.3, 0.4) is 0 Å². The van der Waals surface area contributed by atoms with Crippen LogP contribution in [0, 0.1) is 5.92 Å². The van der Waals surface area contributed by atoms with Gasteiger partial charge in [-0.15, -0.1) is 23.1 Å². The summed E-state index contributed by atoms with van der Waals surface area (Å²) in [6.07, 6.45) is 6.26. The van der Waals surface area contributed by atoms with E-state index >= 15 is 0 Å². The molecule has 0 saturated heterocycles. The zero-order valence-electron chi connectivity index (χ0n) is 16.2. The van der Waals surface area contributed by atoms with Crippen molar-refractivity contribution in [3.8, 4) is 0 Å². The Hall–Kier alpha value is -1.28. The van der Waals surface area contributed by atoms with Crippen LogP contribution in [0.15, 0.2) is 41.8 Å². The number of hydrogen-bond acceptors (Lipinski definition) is 6. The minimum atomic E-state index is -0.784. The van der Waals surface area contributed by atoms with Crippen LogP contribution >= 0.6 is 34.9 Å². The molecule has 1 saturated carbocycles. The summed E-state index contributed by atoms with van der Waals surface area (Å²) in [7, 11) is 0. The van der Waals surface area contributed by atoms with E-state index in [1.807, 2.05) is 24.3 Å². The number of aliphatic hydroxyl groups excluding tert-OH is 1. The zero-order chi connectivity index (χ0) is 20.6. The first-order valence-corrected chi connectivity index (χ1v) is 12.9. The van der Waals surface area contributed by atoms with Crippen molar-refractivity contribution in [1.29, 1.82) is 0 Å². The van der Waals surface area contributed by atoms with E-state index in [0.717, 1.165) is 29.9 Å². The lowest BCUT2D eigenvalue weighted by atomic mass is 10.0. The largest absolute Gasteiger partial charge is 0.481 e. The maximum Gasteiger partial charge on any atom is 0.313 e. The number of rotatable bonds is 11. The number of allylic oxidation sites excluding steroid dienone is 1. The molecule has 1 aliphatic carbocycles. The molecule has 1 aliphatic rings. The lowest BCUT2D eigenvalue weighted by molar-refractivity contribution is -0.133. The first-order chi connectivity index (χ1) is 14.0. The van der Waals surface area contributed by atoms with Crippen LogP contribution in [0.5, 0.6) is 0 Å². The molecule has 1 aromatic carbocycles. The van der Waals surface area contributed by atoms with E-state index in [1.165, 1.54) is 21.8 Å². The molecular weight excluding hydrogens is 424 g/mol. The topological polar surface area (TPSA) is 74.6 Å². The van der Waals surface area contributed by atoms with Gasteiger partial charge >= 0.3 is 5.97 Å². The number of ketones is 1. The van der Waals surface area contributed by atoms with E-state index in [0.29, 0.717) is 18.6 Å². The van der Waals surface area contributed by atoms with Crippen LogP contribution in [0.1, 0.15) is 24.8 Å². The van der Waals surface area contributed by atoms with Crippen LogP contribution in [0.2, 0.25) is 0 Å². The van der Waals surface area contributed by atoms with Crippen molar-refractivity contribution in [2.24, 2.45) is 5.92 Å². The third kappa shape index (κ3) is 6.60. The number of benzene rings is 1. The predicted octanol–water partition coefficient (Wildman–Crippen LogP) is 4.65. The van der Waals surface area contributed by atoms with Gasteiger partial charge in [-0.1, -0.05) is 30.4 Å². The average Bonchev–Trinajstić information content (AvgIpc) is 3.26. The number of fused-ring (bicyclic) bond motifs is 1. The Morgan fingerprint density at radius 3 is 2.97 bits per heavy atom. The van der Waals surface area contributed by atoms with Gasteiger partial charge in [0.1, 0.15) is 5.78 Å². The summed E-state index contributed by atoms with van der Waals surface area (Å²) >= 11 is 4.79. The minimum absolute atomic E-state index is 0.0371. The maximum absolute atomic E-state index is 12.2. The number of carbonyl (C=O) groups is 2. The predicted molar refractivity (Wildman–Crippen MR) is 124 cm³/mol. The summed E-state index contributed by atoms with van der Waals surface area (Å²) in [5.74, 6) is 1.47. The average molecular weight is 451 g/mol. The molecule has 2 aromatic rings. The number of hydrogen-bond donors (Lipinski definition) is 2. The summed E-state index contributed by atoms with van der Waals surface area (Å²) in [5, 5.41) is 22.4. The Labute approximate surface area is 183 Å². The van der Waals surface area contributed by atoms with E-state index in [-0.39, 0.29) is 16.9 Å². The van der Waals surface area contributed by atoms with Gasteiger partial charge < -0.3 is 10.2 Å². The maximum atomic E-state index is 12.2. The monoisotopic (exact) mass is 450 g/mol. The standard InChI is InChI=1S/C22H26O4S3/c23-17(12-16-13-29-20-5-2-1-4-18(16)20)8-6-15-7-9-19(24)22(15)28-11-3-10-27-14-21(25)26/h1-2,4-6,8,13,15,17,22-23H,3,7,9-12,14H2,(H,25,26)/t15?,17-,22?/m0/s1. The number of thioether (sulfide) groups is 2. The molecule has 2 N–H and O–H groups in total. The molecule has 2 unspecified atom stereocenters. The fourth-order valence-electron chi connectivity index (χ4n) is 3.54. The fraction of sp³-hybridized carbons (Fsp3) is 0.455. The van der Waals surface area contributed by atoms with E-state index in [9.17, 15) is 14.7 Å². The van der Waals surface area contributed by atoms with Crippen LogP contribution in [0.25, 0.3) is 10.1 Å². The molecule has 1 aromatic heterocycles. The van der Waals surface area contributed by atoms with Crippen molar-refractivity contribution >= 4 is 56.7 Å². The smallest absolute Gasteiger partial charge is 0.313 e. The number of aliphatic carboxylic acids is 1. The van der Waals surface area contributed by atoms with Gasteiger partial charge in [0.2, 0.25) is 0 Å². The molecule has 1 fully saturated rings. The van der Waals surface area contributed by atoms with Gasteiger partial charge in [-0.3, -0.25) is 9.59 Å². The van der Waals surface area contributed by atoms with E-state index in [2.05, 4.69) is 17.5 Å². The lowest BCUT2D eigenvalue weighted by Crippen LogP contribution is -2.17. The summed E-state index contributed by atoms with van der Waals surface area (Å²) in [4.78, 5) is 22.8. The molecule has 3 rings (SSSR count). The van der Waals surface area contributed by atoms with Crippen molar-refractivity contribution < 1.29 is 19.8 Å². The summed E-state index contributed by atoms with van der Waals surface area (Å²) in [6, 6.07) is 8.23. The minimum Gasteiger partial charge on any atom is -0.481 e. The molecule has 0 aliphatic heterocycles. The van der Waals surface area contributed by atoms with Crippen LogP contribution in [-0.4, -0.2) is 50.6 Å². The van der Waals surface area contributed by atoms with E-state index in [1.54, 1.807) is 23.1 Å². The van der Waals surface area contributed by atoms with Gasteiger partial charge in [-0.2, -0.15) is 11.8 Å². The summed E-state index contributed by atoms with van der Waals surface area (Å²) in [6.45, 7) is 0. The van der Waals surface area contributed by atoms with Crippen molar-refractivity contribution in [2.45, 2.75) is 37.0 Å². The third-order valence-electron chi connectivity index (χ3n) is 4.96. The van der Waals surface area contributed by atoms with Gasteiger partial charge in [0.25, 0.3) is 0 Å². The van der Waals surface area contributed by atoms with Crippen molar-refractivity contribution in [2.75, 3.05) is 17.3 Å². The van der Waals surface area contributed by atoms with Crippen LogP contribution in [-0.2, 0) is 16.0 Å². The van der Waals surface area contributed by atoms with Gasteiger partial charge in [-0.05, 0) is 52.7 Å². The molecule has 0 radical (unpaired) electrons. The number of thiophene rings is 1. The summed E-state index contributed by atoms with van der Waals surface area (Å²) in [5.41, 5.74) is 1.16. The first kappa shape index (κ1) is 22.4. The van der Waals surface area contributed by atoms with Gasteiger partial charge in [0, 0.05) is 17.5 Å². The molecule has 7 heteroatoms. The quantitative estimate of drug-likeness (QED) is 0.383. The molecule has 0 amide bonds. The molecule has 3 atom stereocenters. The highest BCUT2D eigenvalue weighted by Gasteiger charge is 2.33. The van der Waals surface area contributed by atoms with Gasteiger partial charge in [-0.25, -0.2) is 0 Å². The third-order valence-corrected chi connectivity index (χ3v) is 8.49. The fourth-order valence-corrected chi connectivity index (χ4v) is 6.71. The highest BCUT2D eigenvalue weighted by atomic mass is 32.2. The number of carbonyl (C=O) groups excluding carboxylic acids is 1. The van der Waals surface area contributed by atoms with Gasteiger partial charge in [0.05, 0.1) is 17.1 Å². The Morgan fingerprint density at radius 2 is 2.14 bits per heavy atom. The second-order valence-electron chi connectivity index (χ2n) is 7.17. The second kappa shape index (κ2) is 11.2. The summed E-state index contributed by atoms with van der Waals surface area (Å²) < 4.78 is 1.23. The van der Waals surface area contributed by atoms with Gasteiger partial charge in [0.15, 0.2) is 0 Å². The Bertz CT molecular complexity index is 861. The second-order valence-corrected chi connectivity index (χ2v) is 10.4. The highest BCUT2D eigenvalue weighted by Crippen LogP contribution is 2.34.